The van der Waals surface area contributed by atoms with Crippen LogP contribution in [-0.4, -0.2) is 36.4 Å². The van der Waals surface area contributed by atoms with Crippen molar-refractivity contribution >= 4 is 33.4 Å². The van der Waals surface area contributed by atoms with Crippen LogP contribution in [0.4, 0.5) is 10.1 Å². The maximum Gasteiger partial charge on any atom is 0.260 e. The van der Waals surface area contributed by atoms with Gasteiger partial charge in [0.1, 0.15) is 0 Å². The number of carbonyl (C=O) groups excluding carboxylic acids is 2. The molecule has 27 heavy (non-hydrogen) atoms. The number of hydrogen-bond acceptors (Lipinski definition) is 3. The molecule has 2 heterocycles. The van der Waals surface area contributed by atoms with Crippen molar-refractivity contribution in [3.05, 3.63) is 58.3 Å². The van der Waals surface area contributed by atoms with Crippen LogP contribution >= 0.6 is 15.9 Å². The number of carbonyl (C=O) groups is 2. The summed E-state index contributed by atoms with van der Waals surface area (Å²) in [7, 11) is 0. The number of piperidine rings is 1. The molecule has 0 aromatic heterocycles. The van der Waals surface area contributed by atoms with Gasteiger partial charge in [-0.3, -0.25) is 9.59 Å². The minimum absolute atomic E-state index is 0.00369. The maximum absolute atomic E-state index is 13.8. The number of fused-ring (bicyclic) bond motifs is 2. The lowest BCUT2D eigenvalue weighted by atomic mass is 9.73. The van der Waals surface area contributed by atoms with Gasteiger partial charge in [0.05, 0.1) is 5.41 Å². The van der Waals surface area contributed by atoms with Crippen molar-refractivity contribution in [2.24, 2.45) is 0 Å². The molecule has 0 aliphatic carbocycles. The first-order chi connectivity index (χ1) is 13.0. The minimum Gasteiger partial charge on any atom is -0.481 e. The Morgan fingerprint density at radius 1 is 1.22 bits per heavy atom. The molecule has 1 fully saturated rings. The molecule has 4 rings (SSSR count). The molecule has 2 aromatic rings. The van der Waals surface area contributed by atoms with Gasteiger partial charge in [-0.15, -0.1) is 0 Å². The highest BCUT2D eigenvalue weighted by atomic mass is 79.9. The lowest BCUT2D eigenvalue weighted by Gasteiger charge is -2.37. The third kappa shape index (κ3) is 3.20. The van der Waals surface area contributed by atoms with Crippen molar-refractivity contribution in [2.75, 3.05) is 25.0 Å². The van der Waals surface area contributed by atoms with Crippen LogP contribution in [-0.2, 0) is 15.0 Å². The minimum atomic E-state index is -0.563. The highest BCUT2D eigenvalue weighted by Crippen LogP contribution is 2.44. The van der Waals surface area contributed by atoms with Crippen LogP contribution in [0.5, 0.6) is 5.75 Å². The number of halogens is 2. The summed E-state index contributed by atoms with van der Waals surface area (Å²) in [5, 5.41) is 2.95. The Balaban J connectivity index is 1.39. The number of para-hydroxylation sites is 1. The highest BCUT2D eigenvalue weighted by molar-refractivity contribution is 9.10. The first-order valence-electron chi connectivity index (χ1n) is 8.76. The Hall–Kier alpha value is -2.41. The van der Waals surface area contributed by atoms with Gasteiger partial charge in [-0.2, -0.15) is 0 Å². The third-order valence-electron chi connectivity index (χ3n) is 5.34. The molecule has 0 unspecified atom stereocenters. The van der Waals surface area contributed by atoms with E-state index in [-0.39, 0.29) is 24.2 Å². The standard InChI is InChI=1S/C20H18BrFN2O3/c21-13-5-6-17(15(22)11-13)27-12-18(25)24-9-7-20(8-10-24)14-3-1-2-4-16(14)23-19(20)26/h1-6,11H,7-10,12H2,(H,23,26). The number of nitrogens with zero attached hydrogens (tertiary/aromatic N) is 1. The van der Waals surface area contributed by atoms with Crippen molar-refractivity contribution in [1.82, 2.24) is 4.90 Å². The zero-order valence-corrected chi connectivity index (χ0v) is 16.1. The Morgan fingerprint density at radius 3 is 2.70 bits per heavy atom. The number of amides is 2. The quantitative estimate of drug-likeness (QED) is 0.807. The van der Waals surface area contributed by atoms with Crippen molar-refractivity contribution in [2.45, 2.75) is 18.3 Å². The molecule has 1 N–H and O–H groups in total. The largest absolute Gasteiger partial charge is 0.481 e. The fourth-order valence-electron chi connectivity index (χ4n) is 3.83. The lowest BCUT2D eigenvalue weighted by Crippen LogP contribution is -2.49. The second-order valence-corrected chi connectivity index (χ2v) is 7.74. The molecule has 7 heteroatoms. The second-order valence-electron chi connectivity index (χ2n) is 6.83. The second kappa shape index (κ2) is 6.96. The van der Waals surface area contributed by atoms with Gasteiger partial charge in [-0.05, 0) is 42.7 Å². The van der Waals surface area contributed by atoms with Gasteiger partial charge < -0.3 is 15.0 Å². The number of rotatable bonds is 3. The zero-order valence-electron chi connectivity index (χ0n) is 14.5. The zero-order chi connectivity index (χ0) is 19.0. The molecule has 0 saturated carbocycles. The summed E-state index contributed by atoms with van der Waals surface area (Å²) in [6, 6.07) is 12.1. The summed E-state index contributed by atoms with van der Waals surface area (Å²) >= 11 is 3.18. The summed E-state index contributed by atoms with van der Waals surface area (Å²) < 4.78 is 19.7. The molecule has 1 spiro atoms. The molecule has 0 atom stereocenters. The SMILES string of the molecule is O=C(COc1ccc(Br)cc1F)N1CCC2(CC1)C(=O)Nc1ccccc12. The van der Waals surface area contributed by atoms with Crippen molar-refractivity contribution in [3.8, 4) is 5.75 Å². The Kier molecular flexibility index (Phi) is 4.63. The van der Waals surface area contributed by atoms with Gasteiger partial charge in [-0.25, -0.2) is 4.39 Å². The van der Waals surface area contributed by atoms with Gasteiger partial charge in [0, 0.05) is 23.2 Å². The monoisotopic (exact) mass is 432 g/mol. The van der Waals surface area contributed by atoms with Crippen molar-refractivity contribution < 1.29 is 18.7 Å². The number of hydrogen-bond donors (Lipinski definition) is 1. The van der Waals surface area contributed by atoms with Gasteiger partial charge in [0.2, 0.25) is 5.91 Å². The first-order valence-corrected chi connectivity index (χ1v) is 9.55. The van der Waals surface area contributed by atoms with Crippen LogP contribution in [0.2, 0.25) is 0 Å². The summed E-state index contributed by atoms with van der Waals surface area (Å²) in [5.41, 5.74) is 1.30. The van der Waals surface area contributed by atoms with Crippen LogP contribution in [0.15, 0.2) is 46.9 Å². The normalized spacial score (nSPS) is 17.6. The van der Waals surface area contributed by atoms with E-state index in [1.54, 1.807) is 11.0 Å². The van der Waals surface area contributed by atoms with Crippen molar-refractivity contribution in [3.63, 3.8) is 0 Å². The molecule has 2 aliphatic rings. The van der Waals surface area contributed by atoms with E-state index in [4.69, 9.17) is 4.74 Å². The molecular formula is C20H18BrFN2O3. The van der Waals surface area contributed by atoms with E-state index in [0.29, 0.717) is 30.4 Å². The van der Waals surface area contributed by atoms with E-state index in [2.05, 4.69) is 21.2 Å². The van der Waals surface area contributed by atoms with Gasteiger partial charge in [-0.1, -0.05) is 34.1 Å². The Labute approximate surface area is 164 Å². The number of anilines is 1. The van der Waals surface area contributed by atoms with Gasteiger partial charge >= 0.3 is 0 Å². The number of benzene rings is 2. The van der Waals surface area contributed by atoms with E-state index < -0.39 is 11.2 Å². The Morgan fingerprint density at radius 2 is 1.96 bits per heavy atom. The number of nitrogens with one attached hydrogen (secondary N) is 1. The molecule has 0 radical (unpaired) electrons. The summed E-state index contributed by atoms with van der Waals surface area (Å²) in [6.07, 6.45) is 1.13. The molecule has 5 nitrogen and oxygen atoms in total. The van der Waals surface area contributed by atoms with Crippen LogP contribution in [0, 0.1) is 5.82 Å². The van der Waals surface area contributed by atoms with E-state index in [1.807, 2.05) is 24.3 Å². The van der Waals surface area contributed by atoms with Crippen LogP contribution in [0.25, 0.3) is 0 Å². The summed E-state index contributed by atoms with van der Waals surface area (Å²) in [6.45, 7) is 0.702. The van der Waals surface area contributed by atoms with E-state index in [0.717, 1.165) is 11.3 Å². The molecule has 0 bridgehead atoms. The number of ether oxygens (including phenoxy) is 1. The summed E-state index contributed by atoms with van der Waals surface area (Å²) in [5.74, 6) is -0.680. The van der Waals surface area contributed by atoms with Crippen LogP contribution in [0.1, 0.15) is 18.4 Å². The molecular weight excluding hydrogens is 415 g/mol. The van der Waals surface area contributed by atoms with Gasteiger partial charge in [0.25, 0.3) is 5.91 Å². The van der Waals surface area contributed by atoms with Crippen molar-refractivity contribution in [1.29, 1.82) is 0 Å². The highest BCUT2D eigenvalue weighted by Gasteiger charge is 2.48. The van der Waals surface area contributed by atoms with E-state index in [1.165, 1.54) is 12.1 Å². The predicted octanol–water partition coefficient (Wildman–Crippen LogP) is 3.48. The molecule has 2 amide bonds. The topological polar surface area (TPSA) is 58.6 Å². The third-order valence-corrected chi connectivity index (χ3v) is 5.83. The summed E-state index contributed by atoms with van der Waals surface area (Å²) in [4.78, 5) is 26.7. The smallest absolute Gasteiger partial charge is 0.260 e. The van der Waals surface area contributed by atoms with E-state index >= 15 is 0 Å². The van der Waals surface area contributed by atoms with E-state index in [9.17, 15) is 14.0 Å². The van der Waals surface area contributed by atoms with Crippen LogP contribution < -0.4 is 10.1 Å². The lowest BCUT2D eigenvalue weighted by molar-refractivity contribution is -0.137. The average Bonchev–Trinajstić information content (AvgIpc) is 2.93. The molecule has 1 saturated heterocycles. The fraction of sp³-hybridized carbons (Fsp3) is 0.300. The molecule has 2 aromatic carbocycles. The van der Waals surface area contributed by atoms with Gasteiger partial charge in [0.15, 0.2) is 18.2 Å². The average molecular weight is 433 g/mol. The van der Waals surface area contributed by atoms with Crippen LogP contribution in [0.3, 0.4) is 0 Å². The fourth-order valence-corrected chi connectivity index (χ4v) is 4.16. The molecule has 140 valence electrons. The molecule has 2 aliphatic heterocycles. The maximum atomic E-state index is 13.8. The first kappa shape index (κ1) is 18.0. The Bertz CT molecular complexity index is 910. The predicted molar refractivity (Wildman–Crippen MR) is 102 cm³/mol. The number of likely N-dealkylation sites (tertiary alicyclic amines) is 1.